The van der Waals surface area contributed by atoms with Crippen molar-refractivity contribution in [3.05, 3.63) is 44.4 Å². The second-order valence-corrected chi connectivity index (χ2v) is 7.21. The number of nitrogen functional groups attached to an aromatic ring is 1. The minimum atomic E-state index is -4.01. The van der Waals surface area contributed by atoms with Crippen molar-refractivity contribution in [2.75, 3.05) is 5.73 Å². The summed E-state index contributed by atoms with van der Waals surface area (Å²) in [5, 5.41) is 11.8. The quantitative estimate of drug-likeness (QED) is 0.485. The molecular weight excluding hydrogens is 316 g/mol. The van der Waals surface area contributed by atoms with E-state index in [1.165, 1.54) is 17.4 Å². The molecule has 0 unspecified atom stereocenters. The van der Waals surface area contributed by atoms with Gasteiger partial charge in [0, 0.05) is 29.4 Å². The van der Waals surface area contributed by atoms with Crippen LogP contribution in [0.1, 0.15) is 9.88 Å². The van der Waals surface area contributed by atoms with E-state index in [0.717, 1.165) is 17.1 Å². The maximum absolute atomic E-state index is 12.2. The lowest BCUT2D eigenvalue weighted by Gasteiger charge is -2.06. The number of aromatic nitrogens is 1. The average molecular weight is 328 g/mol. The topological polar surface area (TPSA) is 128 Å². The highest BCUT2D eigenvalue weighted by atomic mass is 32.2. The molecule has 112 valence electrons. The Morgan fingerprint density at radius 3 is 2.76 bits per heavy atom. The van der Waals surface area contributed by atoms with E-state index in [1.54, 1.807) is 13.1 Å². The third-order valence-corrected chi connectivity index (χ3v) is 4.94. The number of rotatable bonds is 5. The highest BCUT2D eigenvalue weighted by Crippen LogP contribution is 2.26. The fourth-order valence-corrected chi connectivity index (χ4v) is 3.62. The Morgan fingerprint density at radius 2 is 2.19 bits per heavy atom. The van der Waals surface area contributed by atoms with Gasteiger partial charge < -0.3 is 5.73 Å². The molecule has 0 spiro atoms. The van der Waals surface area contributed by atoms with E-state index in [2.05, 4.69) is 9.71 Å². The van der Waals surface area contributed by atoms with Gasteiger partial charge in [0.25, 0.3) is 5.69 Å². The molecule has 21 heavy (non-hydrogen) atoms. The van der Waals surface area contributed by atoms with Crippen LogP contribution in [0.3, 0.4) is 0 Å². The summed E-state index contributed by atoms with van der Waals surface area (Å²) < 4.78 is 26.7. The molecule has 0 atom stereocenters. The zero-order valence-corrected chi connectivity index (χ0v) is 12.6. The first kappa shape index (κ1) is 15.4. The number of nitrogens with one attached hydrogen (secondary N) is 1. The number of benzene rings is 1. The standard InChI is InChI=1S/C11H12N4O4S2/c1-7-13-5-9(20-7)6-14-21(18,19)11-3-2-8(12)4-10(11)15(16)17/h2-5,14H,6,12H2,1H3. The molecule has 1 aromatic carbocycles. The van der Waals surface area contributed by atoms with Gasteiger partial charge in [0.1, 0.15) is 0 Å². The maximum atomic E-state index is 12.2. The third kappa shape index (κ3) is 3.54. The number of aryl methyl sites for hydroxylation is 1. The van der Waals surface area contributed by atoms with E-state index >= 15 is 0 Å². The first-order chi connectivity index (χ1) is 9.79. The third-order valence-electron chi connectivity index (χ3n) is 2.57. The van der Waals surface area contributed by atoms with Crippen molar-refractivity contribution in [1.82, 2.24) is 9.71 Å². The fourth-order valence-electron chi connectivity index (χ4n) is 1.64. The summed E-state index contributed by atoms with van der Waals surface area (Å²) in [6, 6.07) is 3.44. The van der Waals surface area contributed by atoms with Crippen LogP contribution in [-0.2, 0) is 16.6 Å². The van der Waals surface area contributed by atoms with Crippen LogP contribution >= 0.6 is 11.3 Å². The predicted molar refractivity (Wildman–Crippen MR) is 78.4 cm³/mol. The molecule has 0 aliphatic heterocycles. The van der Waals surface area contributed by atoms with Gasteiger partial charge in [-0.3, -0.25) is 10.1 Å². The van der Waals surface area contributed by atoms with E-state index < -0.39 is 25.5 Å². The lowest BCUT2D eigenvalue weighted by atomic mass is 10.3. The number of nitro benzene ring substituents is 1. The van der Waals surface area contributed by atoms with E-state index in [4.69, 9.17) is 5.73 Å². The summed E-state index contributed by atoms with van der Waals surface area (Å²) in [5.41, 5.74) is 5.02. The highest BCUT2D eigenvalue weighted by molar-refractivity contribution is 7.89. The Kier molecular flexibility index (Phi) is 4.21. The highest BCUT2D eigenvalue weighted by Gasteiger charge is 2.25. The smallest absolute Gasteiger partial charge is 0.291 e. The van der Waals surface area contributed by atoms with Crippen molar-refractivity contribution in [2.24, 2.45) is 0 Å². The minimum absolute atomic E-state index is 0.0232. The molecule has 0 amide bonds. The minimum Gasteiger partial charge on any atom is -0.399 e. The number of thiazole rings is 1. The number of hydrogen-bond acceptors (Lipinski definition) is 7. The van der Waals surface area contributed by atoms with Gasteiger partial charge >= 0.3 is 0 Å². The molecular formula is C11H12N4O4S2. The van der Waals surface area contributed by atoms with Crippen LogP contribution in [0.5, 0.6) is 0 Å². The molecule has 0 bridgehead atoms. The van der Waals surface area contributed by atoms with E-state index in [0.29, 0.717) is 4.88 Å². The molecule has 0 saturated carbocycles. The molecule has 0 aliphatic rings. The average Bonchev–Trinajstić information content (AvgIpc) is 2.82. The molecule has 10 heteroatoms. The Hall–Kier alpha value is -2.04. The van der Waals surface area contributed by atoms with Crippen LogP contribution < -0.4 is 10.5 Å². The summed E-state index contributed by atoms with van der Waals surface area (Å²) in [5.74, 6) is 0. The van der Waals surface area contributed by atoms with Gasteiger partial charge in [-0.1, -0.05) is 0 Å². The van der Waals surface area contributed by atoms with Gasteiger partial charge in [0.05, 0.1) is 9.93 Å². The number of anilines is 1. The van der Waals surface area contributed by atoms with E-state index in [1.807, 2.05) is 0 Å². The summed E-state index contributed by atoms with van der Waals surface area (Å²) in [6.07, 6.45) is 1.56. The maximum Gasteiger partial charge on any atom is 0.291 e. The van der Waals surface area contributed by atoms with Gasteiger partial charge in [-0.2, -0.15) is 0 Å². The predicted octanol–water partition coefficient (Wildman–Crippen LogP) is 1.42. The van der Waals surface area contributed by atoms with Crippen molar-refractivity contribution in [2.45, 2.75) is 18.4 Å². The van der Waals surface area contributed by atoms with Crippen LogP contribution in [0.25, 0.3) is 0 Å². The van der Waals surface area contributed by atoms with E-state index in [-0.39, 0.29) is 12.2 Å². The van der Waals surface area contributed by atoms with Crippen molar-refractivity contribution >= 4 is 32.7 Å². The summed E-state index contributed by atoms with van der Waals surface area (Å²) in [4.78, 5) is 14.5. The van der Waals surface area contributed by atoms with Crippen LogP contribution in [-0.4, -0.2) is 18.3 Å². The number of hydrogen-bond donors (Lipinski definition) is 2. The second-order valence-electron chi connectivity index (χ2n) is 4.15. The number of nitrogens with zero attached hydrogens (tertiary/aromatic N) is 2. The SMILES string of the molecule is Cc1ncc(CNS(=O)(=O)c2ccc(N)cc2[N+](=O)[O-])s1. The van der Waals surface area contributed by atoms with Crippen LogP contribution in [0.2, 0.25) is 0 Å². The van der Waals surface area contributed by atoms with Crippen molar-refractivity contribution in [1.29, 1.82) is 0 Å². The van der Waals surface area contributed by atoms with Gasteiger partial charge in [-0.05, 0) is 19.1 Å². The normalized spacial score (nSPS) is 11.5. The first-order valence-electron chi connectivity index (χ1n) is 5.74. The number of sulfonamides is 1. The largest absolute Gasteiger partial charge is 0.399 e. The van der Waals surface area contributed by atoms with Crippen LogP contribution in [0.4, 0.5) is 11.4 Å². The summed E-state index contributed by atoms with van der Waals surface area (Å²) in [7, 11) is -4.01. The Morgan fingerprint density at radius 1 is 1.48 bits per heavy atom. The van der Waals surface area contributed by atoms with Gasteiger partial charge in [0.15, 0.2) is 4.90 Å². The number of nitro groups is 1. The molecule has 1 heterocycles. The lowest BCUT2D eigenvalue weighted by molar-refractivity contribution is -0.387. The molecule has 0 saturated heterocycles. The Labute approximate surface area is 124 Å². The molecule has 2 aromatic rings. The van der Waals surface area contributed by atoms with Crippen LogP contribution in [0, 0.1) is 17.0 Å². The lowest BCUT2D eigenvalue weighted by Crippen LogP contribution is -2.23. The molecule has 0 aliphatic carbocycles. The Bertz CT molecular complexity index is 785. The van der Waals surface area contributed by atoms with Gasteiger partial charge in [-0.25, -0.2) is 18.1 Å². The Balaban J connectivity index is 2.29. The molecule has 3 N–H and O–H groups in total. The summed E-state index contributed by atoms with van der Waals surface area (Å²) >= 11 is 1.34. The molecule has 0 radical (unpaired) electrons. The number of nitrogens with two attached hydrogens (primary N) is 1. The summed E-state index contributed by atoms with van der Waals surface area (Å²) in [6.45, 7) is 1.82. The van der Waals surface area contributed by atoms with E-state index in [9.17, 15) is 18.5 Å². The van der Waals surface area contributed by atoms with Crippen LogP contribution in [0.15, 0.2) is 29.3 Å². The van der Waals surface area contributed by atoms with Gasteiger partial charge in [-0.15, -0.1) is 11.3 Å². The first-order valence-corrected chi connectivity index (χ1v) is 8.04. The molecule has 0 fully saturated rings. The molecule has 2 rings (SSSR count). The molecule has 1 aromatic heterocycles. The van der Waals surface area contributed by atoms with Gasteiger partial charge in [0.2, 0.25) is 10.0 Å². The van der Waals surface area contributed by atoms with Crippen molar-refractivity contribution in [3.63, 3.8) is 0 Å². The fraction of sp³-hybridized carbons (Fsp3) is 0.182. The zero-order valence-electron chi connectivity index (χ0n) is 10.9. The monoisotopic (exact) mass is 328 g/mol. The van der Waals surface area contributed by atoms with Crippen molar-refractivity contribution in [3.8, 4) is 0 Å². The zero-order chi connectivity index (χ0) is 15.6. The second kappa shape index (κ2) is 5.76. The van der Waals surface area contributed by atoms with Crippen molar-refractivity contribution < 1.29 is 13.3 Å². The molecule has 8 nitrogen and oxygen atoms in total.